The van der Waals surface area contributed by atoms with Gasteiger partial charge in [0, 0.05) is 37.3 Å². The van der Waals surface area contributed by atoms with Gasteiger partial charge in [0.05, 0.1) is 5.02 Å². The van der Waals surface area contributed by atoms with Crippen molar-refractivity contribution in [1.82, 2.24) is 19.5 Å². The number of aliphatic hydroxyl groups excluding tert-OH is 1. The number of fused-ring (bicyclic) bond motifs is 1. The second-order valence-electron chi connectivity index (χ2n) is 4.40. The quantitative estimate of drug-likeness (QED) is 0.801. The minimum absolute atomic E-state index is 0.128. The number of aliphatic hydroxyl groups is 1. The zero-order valence-corrected chi connectivity index (χ0v) is 11.5. The van der Waals surface area contributed by atoms with Crippen LogP contribution in [0.4, 0.5) is 0 Å². The lowest BCUT2D eigenvalue weighted by molar-refractivity contribution is 0.280. The molecule has 3 rings (SSSR count). The Balaban J connectivity index is 2.19. The summed E-state index contributed by atoms with van der Waals surface area (Å²) in [5.41, 5.74) is 2.49. The molecule has 0 aliphatic carbocycles. The highest BCUT2D eigenvalue weighted by molar-refractivity contribution is 6.31. The third-order valence-electron chi connectivity index (χ3n) is 3.03. The number of nitrogens with zero attached hydrogens (tertiary/aromatic N) is 4. The first kappa shape index (κ1) is 13.0. The average Bonchev–Trinajstić information content (AvgIpc) is 2.83. The summed E-state index contributed by atoms with van der Waals surface area (Å²) in [6, 6.07) is 5.60. The summed E-state index contributed by atoms with van der Waals surface area (Å²) in [6.07, 6.45) is 5.71. The van der Waals surface area contributed by atoms with Crippen molar-refractivity contribution in [2.45, 2.75) is 13.0 Å². The van der Waals surface area contributed by atoms with Gasteiger partial charge < -0.3 is 9.67 Å². The minimum atomic E-state index is 0.128. The second kappa shape index (κ2) is 5.56. The van der Waals surface area contributed by atoms with Crippen molar-refractivity contribution in [3.63, 3.8) is 0 Å². The van der Waals surface area contributed by atoms with Gasteiger partial charge in [-0.3, -0.25) is 4.98 Å². The standard InChI is InChI=1S/C14H13ClN4O/c15-11-8-12-14(17-9-11)19(6-1-7-20)13(18-12)10-2-4-16-5-3-10/h2-5,8-9,20H,1,6-7H2. The molecule has 102 valence electrons. The van der Waals surface area contributed by atoms with Gasteiger partial charge in [-0.2, -0.15) is 0 Å². The van der Waals surface area contributed by atoms with Crippen LogP contribution >= 0.6 is 11.6 Å². The molecular formula is C14H13ClN4O. The van der Waals surface area contributed by atoms with Gasteiger partial charge in [-0.05, 0) is 24.6 Å². The predicted octanol–water partition coefficient (Wildman–Crippen LogP) is 2.53. The molecule has 0 amide bonds. The van der Waals surface area contributed by atoms with Gasteiger partial charge in [0.25, 0.3) is 0 Å². The Morgan fingerprint density at radius 1 is 1.25 bits per heavy atom. The molecule has 6 heteroatoms. The Morgan fingerprint density at radius 2 is 2.05 bits per heavy atom. The molecule has 1 N–H and O–H groups in total. The molecule has 3 aromatic rings. The number of hydrogen-bond donors (Lipinski definition) is 1. The largest absolute Gasteiger partial charge is 0.396 e. The van der Waals surface area contributed by atoms with Crippen molar-refractivity contribution in [3.8, 4) is 11.4 Å². The monoisotopic (exact) mass is 288 g/mol. The van der Waals surface area contributed by atoms with Crippen molar-refractivity contribution < 1.29 is 5.11 Å². The average molecular weight is 289 g/mol. The molecule has 0 fully saturated rings. The second-order valence-corrected chi connectivity index (χ2v) is 4.83. The van der Waals surface area contributed by atoms with Crippen molar-refractivity contribution in [2.24, 2.45) is 0 Å². The van der Waals surface area contributed by atoms with Crippen LogP contribution in [-0.4, -0.2) is 31.2 Å². The molecule has 20 heavy (non-hydrogen) atoms. The molecule has 3 aromatic heterocycles. The van der Waals surface area contributed by atoms with Gasteiger partial charge in [0.2, 0.25) is 0 Å². The minimum Gasteiger partial charge on any atom is -0.396 e. The van der Waals surface area contributed by atoms with Crippen LogP contribution < -0.4 is 0 Å². The molecule has 0 saturated carbocycles. The fourth-order valence-corrected chi connectivity index (χ4v) is 2.30. The fraction of sp³-hybridized carbons (Fsp3) is 0.214. The topological polar surface area (TPSA) is 63.8 Å². The van der Waals surface area contributed by atoms with E-state index in [1.807, 2.05) is 16.7 Å². The lowest BCUT2D eigenvalue weighted by atomic mass is 10.2. The molecule has 3 heterocycles. The van der Waals surface area contributed by atoms with E-state index < -0.39 is 0 Å². The van der Waals surface area contributed by atoms with Crippen LogP contribution in [0, 0.1) is 0 Å². The van der Waals surface area contributed by atoms with Gasteiger partial charge >= 0.3 is 0 Å². The zero-order chi connectivity index (χ0) is 13.9. The number of halogens is 1. The maximum Gasteiger partial charge on any atom is 0.160 e. The van der Waals surface area contributed by atoms with Crippen molar-refractivity contribution >= 4 is 22.8 Å². The van der Waals surface area contributed by atoms with Gasteiger partial charge in [0.1, 0.15) is 11.3 Å². The van der Waals surface area contributed by atoms with E-state index in [0.717, 1.165) is 22.6 Å². The van der Waals surface area contributed by atoms with E-state index in [0.29, 0.717) is 18.0 Å². The van der Waals surface area contributed by atoms with Crippen LogP contribution in [0.5, 0.6) is 0 Å². The number of hydrogen-bond acceptors (Lipinski definition) is 4. The summed E-state index contributed by atoms with van der Waals surface area (Å²) in [7, 11) is 0. The number of aromatic nitrogens is 4. The highest BCUT2D eigenvalue weighted by Crippen LogP contribution is 2.25. The molecule has 5 nitrogen and oxygen atoms in total. The summed E-state index contributed by atoms with van der Waals surface area (Å²) in [6.45, 7) is 0.780. The Hall–Kier alpha value is -1.98. The maximum absolute atomic E-state index is 9.06. The van der Waals surface area contributed by atoms with Crippen LogP contribution in [0.15, 0.2) is 36.8 Å². The van der Waals surface area contributed by atoms with Crippen LogP contribution in [0.3, 0.4) is 0 Å². The van der Waals surface area contributed by atoms with E-state index in [4.69, 9.17) is 16.7 Å². The van der Waals surface area contributed by atoms with E-state index in [1.54, 1.807) is 24.7 Å². The third kappa shape index (κ3) is 2.37. The highest BCUT2D eigenvalue weighted by Gasteiger charge is 2.13. The molecular weight excluding hydrogens is 276 g/mol. The number of aryl methyl sites for hydroxylation is 1. The molecule has 0 aliphatic rings. The summed E-state index contributed by atoms with van der Waals surface area (Å²) in [4.78, 5) is 13.0. The Morgan fingerprint density at radius 3 is 2.80 bits per heavy atom. The lowest BCUT2D eigenvalue weighted by Gasteiger charge is -2.07. The molecule has 0 aromatic carbocycles. The predicted molar refractivity (Wildman–Crippen MR) is 77.5 cm³/mol. The summed E-state index contributed by atoms with van der Waals surface area (Å²) < 4.78 is 2.00. The number of rotatable bonds is 4. The van der Waals surface area contributed by atoms with E-state index in [9.17, 15) is 0 Å². The van der Waals surface area contributed by atoms with Gasteiger partial charge in [-0.15, -0.1) is 0 Å². The number of pyridine rings is 2. The smallest absolute Gasteiger partial charge is 0.160 e. The first-order valence-electron chi connectivity index (χ1n) is 6.32. The molecule has 0 bridgehead atoms. The van der Waals surface area contributed by atoms with Gasteiger partial charge in [-0.25, -0.2) is 9.97 Å². The highest BCUT2D eigenvalue weighted by atomic mass is 35.5. The van der Waals surface area contributed by atoms with Crippen molar-refractivity contribution in [3.05, 3.63) is 41.8 Å². The van der Waals surface area contributed by atoms with E-state index >= 15 is 0 Å². The third-order valence-corrected chi connectivity index (χ3v) is 3.24. The molecule has 0 saturated heterocycles. The molecule has 0 unspecified atom stereocenters. The van der Waals surface area contributed by atoms with Gasteiger partial charge in [0.15, 0.2) is 5.65 Å². The van der Waals surface area contributed by atoms with Crippen LogP contribution in [0.1, 0.15) is 6.42 Å². The molecule has 0 radical (unpaired) electrons. The Bertz CT molecular complexity index is 727. The van der Waals surface area contributed by atoms with Crippen LogP contribution in [-0.2, 0) is 6.54 Å². The fourth-order valence-electron chi connectivity index (χ4n) is 2.15. The summed E-state index contributed by atoms with van der Waals surface area (Å²) in [5, 5.41) is 9.62. The first-order valence-corrected chi connectivity index (χ1v) is 6.70. The molecule has 0 atom stereocenters. The van der Waals surface area contributed by atoms with Crippen LogP contribution in [0.25, 0.3) is 22.6 Å². The van der Waals surface area contributed by atoms with E-state index in [-0.39, 0.29) is 6.61 Å². The summed E-state index contributed by atoms with van der Waals surface area (Å²) >= 11 is 5.97. The maximum atomic E-state index is 9.06. The SMILES string of the molecule is OCCCn1c(-c2ccncc2)nc2cc(Cl)cnc21. The van der Waals surface area contributed by atoms with E-state index in [1.165, 1.54) is 0 Å². The lowest BCUT2D eigenvalue weighted by Crippen LogP contribution is -2.03. The first-order chi connectivity index (χ1) is 9.79. The Kier molecular flexibility index (Phi) is 3.62. The van der Waals surface area contributed by atoms with Crippen molar-refractivity contribution in [2.75, 3.05) is 6.61 Å². The van der Waals surface area contributed by atoms with Crippen molar-refractivity contribution in [1.29, 1.82) is 0 Å². The molecule has 0 spiro atoms. The molecule has 0 aliphatic heterocycles. The normalized spacial score (nSPS) is 11.1. The van der Waals surface area contributed by atoms with Gasteiger partial charge in [-0.1, -0.05) is 11.6 Å². The van der Waals surface area contributed by atoms with E-state index in [2.05, 4.69) is 15.0 Å². The Labute approximate surface area is 120 Å². The van der Waals surface area contributed by atoms with Crippen LogP contribution in [0.2, 0.25) is 5.02 Å². The number of imidazole rings is 1. The zero-order valence-electron chi connectivity index (χ0n) is 10.7. The summed E-state index contributed by atoms with van der Waals surface area (Å²) in [5.74, 6) is 0.811.